The maximum atomic E-state index is 11.3. The van der Waals surface area contributed by atoms with Crippen LogP contribution >= 0.6 is 11.6 Å². The van der Waals surface area contributed by atoms with Gasteiger partial charge in [-0.05, 0) is 31.5 Å². The van der Waals surface area contributed by atoms with Crippen molar-refractivity contribution in [2.24, 2.45) is 5.73 Å². The zero-order valence-corrected chi connectivity index (χ0v) is 9.80. The van der Waals surface area contributed by atoms with E-state index < -0.39 is 5.91 Å². The number of rotatable bonds is 1. The largest absolute Gasteiger partial charge is 0.366 e. The molecular formula is C12H11ClN2O. The standard InChI is InChI=1S/C12H11ClN2O/c1-6-5-9(12(14)16)8-3-4-10(13)7(2)11(8)15-6/h3-5H,1-2H3,(H2,14,16). The van der Waals surface area contributed by atoms with Crippen LogP contribution in [0.25, 0.3) is 10.9 Å². The molecule has 0 fully saturated rings. The average Bonchev–Trinajstić information content (AvgIpc) is 2.23. The van der Waals surface area contributed by atoms with E-state index in [1.807, 2.05) is 13.8 Å². The topological polar surface area (TPSA) is 56.0 Å². The van der Waals surface area contributed by atoms with Crippen LogP contribution < -0.4 is 5.73 Å². The maximum absolute atomic E-state index is 11.3. The minimum Gasteiger partial charge on any atom is -0.366 e. The molecule has 0 aliphatic carbocycles. The van der Waals surface area contributed by atoms with Gasteiger partial charge in [-0.25, -0.2) is 0 Å². The smallest absolute Gasteiger partial charge is 0.249 e. The highest BCUT2D eigenvalue weighted by molar-refractivity contribution is 6.32. The van der Waals surface area contributed by atoms with Gasteiger partial charge in [0.1, 0.15) is 0 Å². The van der Waals surface area contributed by atoms with Crippen LogP contribution in [0.4, 0.5) is 0 Å². The summed E-state index contributed by atoms with van der Waals surface area (Å²) in [7, 11) is 0. The quantitative estimate of drug-likeness (QED) is 0.825. The third-order valence-corrected chi connectivity index (χ3v) is 2.97. The first-order valence-corrected chi connectivity index (χ1v) is 5.24. The number of aryl methyl sites for hydroxylation is 2. The molecule has 2 aromatic rings. The first kappa shape index (κ1) is 10.9. The Bertz CT molecular complexity index is 593. The van der Waals surface area contributed by atoms with Crippen LogP contribution in [0.1, 0.15) is 21.6 Å². The van der Waals surface area contributed by atoms with E-state index in [2.05, 4.69) is 4.98 Å². The van der Waals surface area contributed by atoms with E-state index >= 15 is 0 Å². The lowest BCUT2D eigenvalue weighted by molar-refractivity contribution is 0.100. The van der Waals surface area contributed by atoms with E-state index in [1.54, 1.807) is 18.2 Å². The lowest BCUT2D eigenvalue weighted by Gasteiger charge is -2.08. The normalized spacial score (nSPS) is 10.7. The molecule has 3 nitrogen and oxygen atoms in total. The summed E-state index contributed by atoms with van der Waals surface area (Å²) in [5.74, 6) is -0.447. The summed E-state index contributed by atoms with van der Waals surface area (Å²) < 4.78 is 0. The molecule has 0 bridgehead atoms. The van der Waals surface area contributed by atoms with Gasteiger partial charge in [-0.3, -0.25) is 9.78 Å². The van der Waals surface area contributed by atoms with Crippen molar-refractivity contribution in [3.63, 3.8) is 0 Å². The number of carbonyl (C=O) groups excluding carboxylic acids is 1. The zero-order chi connectivity index (χ0) is 11.9. The molecule has 0 spiro atoms. The SMILES string of the molecule is Cc1cc(C(N)=O)c2ccc(Cl)c(C)c2n1. The fourth-order valence-electron chi connectivity index (χ4n) is 1.74. The van der Waals surface area contributed by atoms with Gasteiger partial charge in [0.25, 0.3) is 0 Å². The van der Waals surface area contributed by atoms with E-state index in [0.29, 0.717) is 10.6 Å². The summed E-state index contributed by atoms with van der Waals surface area (Å²) in [6.45, 7) is 3.70. The molecule has 1 aromatic heterocycles. The lowest BCUT2D eigenvalue weighted by Crippen LogP contribution is -2.12. The Hall–Kier alpha value is -1.61. The summed E-state index contributed by atoms with van der Waals surface area (Å²) in [5, 5.41) is 1.39. The van der Waals surface area contributed by atoms with Crippen molar-refractivity contribution in [3.05, 3.63) is 40.0 Å². The molecule has 2 rings (SSSR count). The van der Waals surface area contributed by atoms with Gasteiger partial charge >= 0.3 is 0 Å². The third kappa shape index (κ3) is 1.63. The molecule has 0 unspecified atom stereocenters. The molecule has 1 heterocycles. The predicted octanol–water partition coefficient (Wildman–Crippen LogP) is 2.60. The molecule has 0 saturated carbocycles. The Morgan fingerprint density at radius 3 is 2.69 bits per heavy atom. The van der Waals surface area contributed by atoms with E-state index in [1.165, 1.54) is 0 Å². The maximum Gasteiger partial charge on any atom is 0.249 e. The molecule has 2 N–H and O–H groups in total. The molecule has 0 saturated heterocycles. The Morgan fingerprint density at radius 1 is 1.38 bits per heavy atom. The second kappa shape index (κ2) is 3.76. The number of carbonyl (C=O) groups is 1. The molecule has 1 amide bonds. The number of nitrogens with two attached hydrogens (primary N) is 1. The van der Waals surface area contributed by atoms with Gasteiger partial charge in [-0.2, -0.15) is 0 Å². The predicted molar refractivity (Wildman–Crippen MR) is 64.7 cm³/mol. The van der Waals surface area contributed by atoms with Crippen LogP contribution in [-0.4, -0.2) is 10.9 Å². The Kier molecular flexibility index (Phi) is 2.56. The molecule has 4 heteroatoms. The zero-order valence-electron chi connectivity index (χ0n) is 9.04. The van der Waals surface area contributed by atoms with Crippen LogP contribution in [0.3, 0.4) is 0 Å². The summed E-state index contributed by atoms with van der Waals surface area (Å²) in [6.07, 6.45) is 0. The highest BCUT2D eigenvalue weighted by Crippen LogP contribution is 2.26. The fraction of sp³-hybridized carbons (Fsp3) is 0.167. The average molecular weight is 235 g/mol. The molecule has 16 heavy (non-hydrogen) atoms. The van der Waals surface area contributed by atoms with Crippen molar-refractivity contribution in [1.29, 1.82) is 0 Å². The van der Waals surface area contributed by atoms with E-state index in [9.17, 15) is 4.79 Å². The van der Waals surface area contributed by atoms with Gasteiger partial charge in [-0.15, -0.1) is 0 Å². The van der Waals surface area contributed by atoms with Crippen LogP contribution in [0.5, 0.6) is 0 Å². The summed E-state index contributed by atoms with van der Waals surface area (Å²) in [6, 6.07) is 5.22. The monoisotopic (exact) mass is 234 g/mol. The van der Waals surface area contributed by atoms with E-state index in [0.717, 1.165) is 22.2 Å². The van der Waals surface area contributed by atoms with Crippen molar-refractivity contribution in [2.75, 3.05) is 0 Å². The number of hydrogen-bond donors (Lipinski definition) is 1. The first-order valence-electron chi connectivity index (χ1n) is 4.87. The number of pyridine rings is 1. The molecule has 1 aromatic carbocycles. The van der Waals surface area contributed by atoms with Gasteiger partial charge in [0.05, 0.1) is 11.1 Å². The number of benzene rings is 1. The third-order valence-electron chi connectivity index (χ3n) is 2.56. The van der Waals surface area contributed by atoms with E-state index in [-0.39, 0.29) is 0 Å². The minimum absolute atomic E-state index is 0.447. The van der Waals surface area contributed by atoms with Crippen molar-refractivity contribution in [1.82, 2.24) is 4.98 Å². The highest BCUT2D eigenvalue weighted by Gasteiger charge is 2.11. The van der Waals surface area contributed by atoms with Gasteiger partial charge < -0.3 is 5.73 Å². The molecular weight excluding hydrogens is 224 g/mol. The number of primary amides is 1. The van der Waals surface area contributed by atoms with Crippen LogP contribution in [0.2, 0.25) is 5.02 Å². The second-order valence-electron chi connectivity index (χ2n) is 3.74. The summed E-state index contributed by atoms with van der Waals surface area (Å²) >= 11 is 6.02. The number of hydrogen-bond acceptors (Lipinski definition) is 2. The van der Waals surface area contributed by atoms with Crippen molar-refractivity contribution in [2.45, 2.75) is 13.8 Å². The van der Waals surface area contributed by atoms with Crippen LogP contribution in [0.15, 0.2) is 18.2 Å². The number of fused-ring (bicyclic) bond motifs is 1. The van der Waals surface area contributed by atoms with Gasteiger partial charge in [0.2, 0.25) is 5.91 Å². The van der Waals surface area contributed by atoms with Gasteiger partial charge in [-0.1, -0.05) is 17.7 Å². The Morgan fingerprint density at radius 2 is 2.06 bits per heavy atom. The number of halogens is 1. The second-order valence-corrected chi connectivity index (χ2v) is 4.15. The van der Waals surface area contributed by atoms with Crippen molar-refractivity contribution >= 4 is 28.4 Å². The van der Waals surface area contributed by atoms with Crippen LogP contribution in [0, 0.1) is 13.8 Å². The first-order chi connectivity index (χ1) is 7.50. The summed E-state index contributed by atoms with van der Waals surface area (Å²) in [4.78, 5) is 15.7. The van der Waals surface area contributed by atoms with Crippen molar-refractivity contribution < 1.29 is 4.79 Å². The van der Waals surface area contributed by atoms with E-state index in [4.69, 9.17) is 17.3 Å². The number of nitrogens with zero attached hydrogens (tertiary/aromatic N) is 1. The fourth-order valence-corrected chi connectivity index (χ4v) is 1.89. The molecule has 0 aliphatic rings. The highest BCUT2D eigenvalue weighted by atomic mass is 35.5. The van der Waals surface area contributed by atoms with Gasteiger partial charge in [0.15, 0.2) is 0 Å². The summed E-state index contributed by atoms with van der Waals surface area (Å²) in [5.41, 5.74) is 8.18. The van der Waals surface area contributed by atoms with Gasteiger partial charge in [0, 0.05) is 16.1 Å². The number of amides is 1. The van der Waals surface area contributed by atoms with Crippen molar-refractivity contribution in [3.8, 4) is 0 Å². The molecule has 0 atom stereocenters. The minimum atomic E-state index is -0.447. The van der Waals surface area contributed by atoms with Crippen LogP contribution in [-0.2, 0) is 0 Å². The molecule has 0 radical (unpaired) electrons. The Labute approximate surface area is 98.2 Å². The Balaban J connectivity index is 2.94. The lowest BCUT2D eigenvalue weighted by atomic mass is 10.0. The number of aromatic nitrogens is 1. The molecule has 82 valence electrons. The molecule has 0 aliphatic heterocycles.